The van der Waals surface area contributed by atoms with Gasteiger partial charge in [0.25, 0.3) is 0 Å². The molecule has 3 N–H and O–H groups in total. The van der Waals surface area contributed by atoms with Gasteiger partial charge < -0.3 is 30.2 Å². The molecule has 0 aliphatic carbocycles. The SMILES string of the molecule is CC=C(/C=C(\N(C)C)N1CCC(CN2CCC(C(=O)N3CCN(c4ccc(N)nc4)CC3)CC2)CC1)C1CCC(=O)NC1=O. The number of nitrogens with one attached hydrogen (secondary N) is 1. The summed E-state index contributed by atoms with van der Waals surface area (Å²) in [5, 5.41) is 2.50. The van der Waals surface area contributed by atoms with E-state index in [0.29, 0.717) is 30.5 Å². The maximum Gasteiger partial charge on any atom is 0.234 e. The van der Waals surface area contributed by atoms with Gasteiger partial charge in [0.1, 0.15) is 11.6 Å². The number of rotatable bonds is 8. The molecule has 4 saturated heterocycles. The lowest BCUT2D eigenvalue weighted by atomic mass is 9.89. The van der Waals surface area contributed by atoms with E-state index in [4.69, 9.17) is 5.73 Å². The van der Waals surface area contributed by atoms with E-state index in [0.717, 1.165) is 102 Å². The molecule has 4 aliphatic heterocycles. The Morgan fingerprint density at radius 3 is 2.27 bits per heavy atom. The monoisotopic (exact) mass is 606 g/mol. The Kier molecular flexibility index (Phi) is 10.5. The minimum absolute atomic E-state index is 0.135. The topological polar surface area (TPSA) is 118 Å². The zero-order valence-electron chi connectivity index (χ0n) is 26.7. The third-order valence-electron chi connectivity index (χ3n) is 9.85. The molecule has 3 amide bonds. The van der Waals surface area contributed by atoms with Crippen molar-refractivity contribution in [3.05, 3.63) is 41.9 Å². The van der Waals surface area contributed by atoms with Crippen LogP contribution < -0.4 is 16.0 Å². The van der Waals surface area contributed by atoms with Crippen LogP contribution in [-0.4, -0.2) is 115 Å². The van der Waals surface area contributed by atoms with E-state index in [1.165, 1.54) is 0 Å². The zero-order chi connectivity index (χ0) is 31.2. The number of nitrogen functional groups attached to an aromatic ring is 1. The first-order chi connectivity index (χ1) is 21.2. The molecule has 4 fully saturated rings. The maximum absolute atomic E-state index is 13.3. The van der Waals surface area contributed by atoms with Crippen LogP contribution in [-0.2, 0) is 14.4 Å². The average molecular weight is 607 g/mol. The molecule has 1 unspecified atom stereocenters. The van der Waals surface area contributed by atoms with Crippen LogP contribution in [0, 0.1) is 17.8 Å². The largest absolute Gasteiger partial charge is 0.384 e. The number of amides is 3. The third-order valence-corrected chi connectivity index (χ3v) is 9.85. The molecule has 11 heteroatoms. The lowest BCUT2D eigenvalue weighted by Crippen LogP contribution is -2.52. The van der Waals surface area contributed by atoms with E-state index in [1.54, 1.807) is 0 Å². The number of carbonyl (C=O) groups is 3. The van der Waals surface area contributed by atoms with Crippen molar-refractivity contribution in [2.45, 2.75) is 45.4 Å². The predicted molar refractivity (Wildman–Crippen MR) is 172 cm³/mol. The van der Waals surface area contributed by atoms with Crippen molar-refractivity contribution in [1.82, 2.24) is 29.9 Å². The van der Waals surface area contributed by atoms with Crippen molar-refractivity contribution < 1.29 is 14.4 Å². The van der Waals surface area contributed by atoms with E-state index in [1.807, 2.05) is 31.3 Å². The molecule has 1 aromatic heterocycles. The van der Waals surface area contributed by atoms with Crippen LogP contribution in [0.15, 0.2) is 41.9 Å². The van der Waals surface area contributed by atoms with Crippen molar-refractivity contribution in [3.63, 3.8) is 0 Å². The molecule has 0 spiro atoms. The Bertz CT molecular complexity index is 1220. The van der Waals surface area contributed by atoms with Crippen LogP contribution in [0.5, 0.6) is 0 Å². The molecule has 11 nitrogen and oxygen atoms in total. The number of hydrogen-bond donors (Lipinski definition) is 2. The van der Waals surface area contributed by atoms with Crippen molar-refractivity contribution in [1.29, 1.82) is 0 Å². The van der Waals surface area contributed by atoms with Crippen LogP contribution in [0.2, 0.25) is 0 Å². The van der Waals surface area contributed by atoms with Gasteiger partial charge in [0, 0.05) is 72.2 Å². The lowest BCUT2D eigenvalue weighted by Gasteiger charge is -2.41. The number of hydrogen-bond acceptors (Lipinski definition) is 9. The normalized spacial score (nSPS) is 23.6. The molecular weight excluding hydrogens is 556 g/mol. The standard InChI is InChI=1S/C33H50N8O3/c1-4-25(28-6-8-30(42)36-32(28)43)21-31(37(2)3)40-15-9-24(10-16-40)23-38-13-11-26(12-14-38)33(44)41-19-17-39(18-20-41)27-5-7-29(34)35-22-27/h4-5,7,21-22,24,26,28H,6,8-20,23H2,1-3H3,(H2,34,35)(H,36,42,43)/b25-4?,31-21+. The summed E-state index contributed by atoms with van der Waals surface area (Å²) in [6, 6.07) is 3.83. The van der Waals surface area contributed by atoms with Gasteiger partial charge >= 0.3 is 0 Å². The molecule has 44 heavy (non-hydrogen) atoms. The Labute approximate surface area is 262 Å². The van der Waals surface area contributed by atoms with Crippen LogP contribution in [0.1, 0.15) is 45.4 Å². The number of nitrogens with two attached hydrogens (primary N) is 1. The fourth-order valence-corrected chi connectivity index (χ4v) is 7.15. The zero-order valence-corrected chi connectivity index (χ0v) is 26.7. The van der Waals surface area contributed by atoms with Gasteiger partial charge in [-0.3, -0.25) is 19.7 Å². The van der Waals surface area contributed by atoms with Gasteiger partial charge in [-0.25, -0.2) is 4.98 Å². The molecular formula is C33H50N8O3. The van der Waals surface area contributed by atoms with Gasteiger partial charge in [-0.1, -0.05) is 6.08 Å². The molecule has 0 aromatic carbocycles. The number of pyridine rings is 1. The molecule has 5 rings (SSSR count). The van der Waals surface area contributed by atoms with Crippen LogP contribution in [0.3, 0.4) is 0 Å². The molecule has 5 heterocycles. The summed E-state index contributed by atoms with van der Waals surface area (Å²) in [5.74, 6) is 2.10. The number of piperidine rings is 3. The first-order valence-corrected chi connectivity index (χ1v) is 16.3. The summed E-state index contributed by atoms with van der Waals surface area (Å²) < 4.78 is 0. The Hall–Kier alpha value is -3.60. The number of likely N-dealkylation sites (tertiary alicyclic amines) is 2. The summed E-state index contributed by atoms with van der Waals surface area (Å²) in [5.41, 5.74) is 7.76. The number of nitrogens with zero attached hydrogens (tertiary/aromatic N) is 6. The summed E-state index contributed by atoms with van der Waals surface area (Å²) in [4.78, 5) is 53.2. The highest BCUT2D eigenvalue weighted by atomic mass is 16.2. The molecule has 4 aliphatic rings. The third kappa shape index (κ3) is 7.72. The van der Waals surface area contributed by atoms with Gasteiger partial charge in [0.2, 0.25) is 17.7 Å². The van der Waals surface area contributed by atoms with E-state index in [-0.39, 0.29) is 23.7 Å². The number of piperazine rings is 1. The Morgan fingerprint density at radius 2 is 1.68 bits per heavy atom. The number of allylic oxidation sites excluding steroid dienone is 2. The summed E-state index contributed by atoms with van der Waals surface area (Å²) >= 11 is 0. The average Bonchev–Trinajstić information content (AvgIpc) is 3.03. The summed E-state index contributed by atoms with van der Waals surface area (Å²) in [6.45, 7) is 10.2. The van der Waals surface area contributed by atoms with Crippen LogP contribution in [0.25, 0.3) is 0 Å². The van der Waals surface area contributed by atoms with Crippen molar-refractivity contribution in [2.24, 2.45) is 17.8 Å². The van der Waals surface area contributed by atoms with E-state index in [2.05, 4.69) is 55.0 Å². The summed E-state index contributed by atoms with van der Waals surface area (Å²) in [6.07, 6.45) is 11.0. The molecule has 240 valence electrons. The lowest BCUT2D eigenvalue weighted by molar-refractivity contribution is -0.137. The van der Waals surface area contributed by atoms with Gasteiger partial charge in [0.15, 0.2) is 0 Å². The van der Waals surface area contributed by atoms with Crippen LogP contribution in [0.4, 0.5) is 11.5 Å². The van der Waals surface area contributed by atoms with Crippen molar-refractivity contribution >= 4 is 29.2 Å². The van der Waals surface area contributed by atoms with Gasteiger partial charge in [-0.2, -0.15) is 0 Å². The number of carbonyl (C=O) groups excluding carboxylic acids is 3. The fraction of sp³-hybridized carbons (Fsp3) is 0.636. The molecule has 0 bridgehead atoms. The van der Waals surface area contributed by atoms with Crippen molar-refractivity contribution in [2.75, 3.05) is 83.6 Å². The maximum atomic E-state index is 13.3. The summed E-state index contributed by atoms with van der Waals surface area (Å²) in [7, 11) is 4.11. The highest BCUT2D eigenvalue weighted by molar-refractivity contribution is 6.00. The molecule has 1 atom stereocenters. The van der Waals surface area contributed by atoms with Gasteiger partial charge in [0.05, 0.1) is 17.8 Å². The number of imide groups is 1. The number of anilines is 2. The van der Waals surface area contributed by atoms with Gasteiger partial charge in [-0.15, -0.1) is 0 Å². The van der Waals surface area contributed by atoms with Crippen molar-refractivity contribution in [3.8, 4) is 0 Å². The number of aromatic nitrogens is 1. The molecule has 0 radical (unpaired) electrons. The minimum atomic E-state index is -0.281. The first-order valence-electron chi connectivity index (χ1n) is 16.3. The predicted octanol–water partition coefficient (Wildman–Crippen LogP) is 2.14. The van der Waals surface area contributed by atoms with E-state index < -0.39 is 0 Å². The second-order valence-electron chi connectivity index (χ2n) is 12.9. The quantitative estimate of drug-likeness (QED) is 0.339. The Morgan fingerprint density at radius 1 is 0.977 bits per heavy atom. The molecule has 1 aromatic rings. The second kappa shape index (κ2) is 14.5. The fourth-order valence-electron chi connectivity index (χ4n) is 7.15. The smallest absolute Gasteiger partial charge is 0.234 e. The van der Waals surface area contributed by atoms with Gasteiger partial charge in [-0.05, 0) is 81.8 Å². The van der Waals surface area contributed by atoms with E-state index in [9.17, 15) is 14.4 Å². The highest BCUT2D eigenvalue weighted by Gasteiger charge is 2.33. The first kappa shape index (κ1) is 31.8. The second-order valence-corrected chi connectivity index (χ2v) is 12.9. The Balaban J connectivity index is 1.05. The highest BCUT2D eigenvalue weighted by Crippen LogP contribution is 2.29. The van der Waals surface area contributed by atoms with E-state index >= 15 is 0 Å². The van der Waals surface area contributed by atoms with Crippen LogP contribution >= 0.6 is 0 Å². The minimum Gasteiger partial charge on any atom is -0.384 e. The molecule has 0 saturated carbocycles.